The minimum Gasteiger partial charge on any atom is -1.00 e. The van der Waals surface area contributed by atoms with Crippen LogP contribution in [0.1, 0.15) is 153 Å². The normalized spacial score (nSPS) is 12.0. The van der Waals surface area contributed by atoms with Crippen molar-refractivity contribution < 1.29 is 70.2 Å². The number of aryl methyl sites for hydroxylation is 2. The molecule has 6 aromatic carbocycles. The molecule has 6 rings (SSSR count). The van der Waals surface area contributed by atoms with Gasteiger partial charge in [-0.05, 0) is 139 Å². The van der Waals surface area contributed by atoms with Crippen molar-refractivity contribution in [2.45, 2.75) is 130 Å². The van der Waals surface area contributed by atoms with Crippen LogP contribution in [-0.2, 0) is 38.8 Å². The second-order valence-electron chi connectivity index (χ2n) is 21.3. The molecule has 0 saturated carbocycles. The maximum atomic E-state index is 14.0. The number of aromatic carboxylic acids is 1. The van der Waals surface area contributed by atoms with Crippen molar-refractivity contribution in [2.75, 3.05) is 39.3 Å². The topological polar surface area (TPSA) is 199 Å². The van der Waals surface area contributed by atoms with Crippen molar-refractivity contribution in [3.8, 4) is 24.7 Å². The van der Waals surface area contributed by atoms with E-state index in [9.17, 15) is 47.0 Å². The Kier molecular flexibility index (Phi) is 33.1. The van der Waals surface area contributed by atoms with Crippen molar-refractivity contribution in [1.29, 1.82) is 0 Å². The van der Waals surface area contributed by atoms with Gasteiger partial charge < -0.3 is 59.2 Å². The van der Waals surface area contributed by atoms with Gasteiger partial charge >= 0.3 is 5.97 Å². The summed E-state index contributed by atoms with van der Waals surface area (Å²) in [5.74, 6) is 0.111. The van der Waals surface area contributed by atoms with E-state index in [1.165, 1.54) is 59.7 Å². The number of quaternary nitrogens is 1. The van der Waals surface area contributed by atoms with E-state index in [2.05, 4.69) is 65.6 Å². The van der Waals surface area contributed by atoms with E-state index in [0.29, 0.717) is 80.1 Å². The number of carbonyl (C=O) groups excluding carboxylic acids is 3. The van der Waals surface area contributed by atoms with E-state index in [4.69, 9.17) is 18.0 Å². The van der Waals surface area contributed by atoms with Crippen LogP contribution in [0.4, 0.5) is 17.6 Å². The molecule has 0 aliphatic heterocycles. The first-order valence-corrected chi connectivity index (χ1v) is 29.7. The van der Waals surface area contributed by atoms with Gasteiger partial charge in [0.2, 0.25) is 0 Å². The fraction of sp³-hybridized carbons (Fsp3) is 0.371. The van der Waals surface area contributed by atoms with Gasteiger partial charge in [0.15, 0.2) is 0 Å². The van der Waals surface area contributed by atoms with Gasteiger partial charge in [-0.2, -0.15) is 0 Å². The Hall–Kier alpha value is -7.87. The third kappa shape index (κ3) is 25.1. The number of carboxylic acid groups (broad SMARTS) is 1. The second-order valence-corrected chi connectivity index (χ2v) is 21.3. The molecular weight excluding hydrogens is 1150 g/mol. The molecule has 0 heterocycles. The van der Waals surface area contributed by atoms with Crippen LogP contribution < -0.4 is 34.1 Å². The molecule has 18 heteroatoms. The average molecular weight is 1230 g/mol. The monoisotopic (exact) mass is 1230 g/mol. The maximum absolute atomic E-state index is 14.0. The summed E-state index contributed by atoms with van der Waals surface area (Å²) in [5, 5.41) is 39.6. The van der Waals surface area contributed by atoms with Crippen LogP contribution in [0.15, 0.2) is 121 Å². The molecule has 0 radical (unpaired) electrons. The highest BCUT2D eigenvalue weighted by molar-refractivity contribution is 6.00. The number of halogens is 5. The summed E-state index contributed by atoms with van der Waals surface area (Å²) in [6.45, 7) is 16.2. The van der Waals surface area contributed by atoms with E-state index in [0.717, 1.165) is 61.8 Å². The number of nitrogens with zero attached hydrogens (tertiary/aromatic N) is 2. The van der Waals surface area contributed by atoms with Crippen LogP contribution in [0.5, 0.6) is 0 Å². The fourth-order valence-electron chi connectivity index (χ4n) is 9.64. The summed E-state index contributed by atoms with van der Waals surface area (Å²) >= 11 is 0. The van der Waals surface area contributed by atoms with Crippen molar-refractivity contribution in [2.24, 2.45) is 0 Å². The lowest BCUT2D eigenvalue weighted by molar-refractivity contribution is -0.436. The molecule has 6 aromatic rings. The number of rotatable bonds is 29. The third-order valence-corrected chi connectivity index (χ3v) is 14.0. The van der Waals surface area contributed by atoms with E-state index in [1.807, 2.05) is 58.0 Å². The van der Waals surface area contributed by atoms with Crippen LogP contribution in [-0.4, -0.2) is 112 Å². The molecule has 0 aliphatic carbocycles. The summed E-state index contributed by atoms with van der Waals surface area (Å²) in [4.78, 5) is 53.8. The summed E-state index contributed by atoms with van der Waals surface area (Å²) in [7, 11) is 0. The van der Waals surface area contributed by atoms with Gasteiger partial charge in [-0.25, -0.2) is 22.4 Å². The molecule has 0 aromatic heterocycles. The maximum Gasteiger partial charge on any atom is 0.335 e. The van der Waals surface area contributed by atoms with Gasteiger partial charge in [0.05, 0.1) is 17.7 Å². The molecule has 3 amide bonds. The quantitative estimate of drug-likeness (QED) is 0.0197. The average Bonchev–Trinajstić information content (AvgIpc) is 3.69. The summed E-state index contributed by atoms with van der Waals surface area (Å²) < 4.78 is 54.4. The lowest BCUT2D eigenvalue weighted by atomic mass is 9.99. The largest absolute Gasteiger partial charge is 1.00 e. The number of benzene rings is 6. The van der Waals surface area contributed by atoms with Gasteiger partial charge in [0.1, 0.15) is 35.4 Å². The smallest absolute Gasteiger partial charge is 0.335 e. The highest BCUT2D eigenvalue weighted by Crippen LogP contribution is 2.19. The predicted octanol–water partition coefficient (Wildman–Crippen LogP) is 6.73. The number of carbonyl (C=O) groups is 4. The number of hydrogen-bond acceptors (Lipinski definition) is 8. The molecule has 88 heavy (non-hydrogen) atoms. The molecule has 4 atom stereocenters. The first-order chi connectivity index (χ1) is 41.7. The zero-order chi connectivity index (χ0) is 64.0. The Morgan fingerprint density at radius 1 is 0.511 bits per heavy atom. The summed E-state index contributed by atoms with van der Waals surface area (Å²) in [5.41, 5.74) is 11.0. The molecular formula is C70H85ClF4N6O7. The Morgan fingerprint density at radius 2 is 0.886 bits per heavy atom. The van der Waals surface area contributed by atoms with Crippen molar-refractivity contribution in [1.82, 2.24) is 25.8 Å². The Bertz CT molecular complexity index is 3250. The second kappa shape index (κ2) is 39.1. The lowest BCUT2D eigenvalue weighted by Gasteiger charge is -2.25. The van der Waals surface area contributed by atoms with Crippen LogP contribution in [0.25, 0.3) is 0 Å². The minimum absolute atomic E-state index is 0. The SMILES string of the molecule is C#Cc1cc(C(=O)N[C@@H](Cc2cc(F)cc(F)c2)[C@H](O)CNCc2cccc(CC)c2)cc(C(=O)N(CCC)CCC)c1.C#Cc1cc(C(=O)O)cc(C(=O)N(CCC)CCC)c1.CCc1cccc(CNC[C@@H](O)[C@@H]([NH3+])Cc2cc(F)cc(F)c2)c1.[Cl-]. The predicted molar refractivity (Wildman–Crippen MR) is 334 cm³/mol. The van der Waals surface area contributed by atoms with Crippen LogP contribution in [0.2, 0.25) is 0 Å². The minimum atomic E-state index is -1.11. The molecule has 0 spiro atoms. The van der Waals surface area contributed by atoms with Gasteiger partial charge in [-0.3, -0.25) is 14.4 Å². The molecule has 472 valence electrons. The van der Waals surface area contributed by atoms with Crippen molar-refractivity contribution in [3.05, 3.63) is 211 Å². The van der Waals surface area contributed by atoms with Crippen molar-refractivity contribution >= 4 is 23.7 Å². The Balaban J connectivity index is 0.000000379. The first kappa shape index (κ1) is 74.4. The highest BCUT2D eigenvalue weighted by Gasteiger charge is 2.26. The molecule has 0 aliphatic rings. The van der Waals surface area contributed by atoms with Crippen LogP contribution in [0, 0.1) is 48.0 Å². The zero-order valence-electron chi connectivity index (χ0n) is 51.3. The van der Waals surface area contributed by atoms with E-state index in [1.54, 1.807) is 21.9 Å². The van der Waals surface area contributed by atoms with Gasteiger partial charge in [-0.15, -0.1) is 12.8 Å². The number of hydrogen-bond donors (Lipinski definition) is 7. The summed E-state index contributed by atoms with van der Waals surface area (Å²) in [6.07, 6.45) is 14.6. The number of nitrogens with one attached hydrogen (secondary N) is 3. The third-order valence-electron chi connectivity index (χ3n) is 14.0. The molecule has 13 nitrogen and oxygen atoms in total. The summed E-state index contributed by atoms with van der Waals surface area (Å²) in [6, 6.07) is 30.5. The van der Waals surface area contributed by atoms with E-state index >= 15 is 0 Å². The number of carboxylic acids is 1. The fourth-order valence-corrected chi connectivity index (χ4v) is 9.64. The molecule has 0 fully saturated rings. The highest BCUT2D eigenvalue weighted by atomic mass is 35.5. The lowest BCUT2D eigenvalue weighted by Crippen LogP contribution is -3.00. The zero-order valence-corrected chi connectivity index (χ0v) is 52.0. The number of terminal acetylenes is 2. The molecule has 9 N–H and O–H groups in total. The molecule has 0 bridgehead atoms. The van der Waals surface area contributed by atoms with E-state index < -0.39 is 53.4 Å². The standard InChI is InChI=1S/C35H41F2N3O3.C19H24F2N2O.C16H19NO3.ClH/c1-5-12-40(13-6-2)35(43)29-16-25(8-4)15-28(20-29)34(42)39-32(19-27-17-30(36)21-31(37)18-27)33(41)23-38-22-26-11-9-10-24(7-3)14-26;1-2-13-4-3-5-14(6-13)11-23-12-19(24)18(22)9-15-7-16(20)10-17(21)8-15;1-4-7-17(8-5-2)15(18)13-9-12(6-3)10-14(11-13)16(19)20;/h4,9-11,14-18,20-21,32-33,38,41H,5-7,12-13,19,22-23H2,1-3H3,(H,39,42);3-8,10,18-19,23-24H,2,9,11-12,22H2,1H3;3,9-11H,4-5,7-8H2,1-2H3,(H,19,20);1H/t32-,33+;18-,19+;;/m00../s1. The van der Waals surface area contributed by atoms with Gasteiger partial charge in [-0.1, -0.05) is 102 Å². The molecule has 0 unspecified atom stereocenters. The first-order valence-electron chi connectivity index (χ1n) is 29.7. The van der Waals surface area contributed by atoms with Gasteiger partial charge in [0, 0.05) is 98.7 Å². The van der Waals surface area contributed by atoms with Crippen LogP contribution in [0.3, 0.4) is 0 Å². The Morgan fingerprint density at radius 3 is 1.28 bits per heavy atom. The number of aliphatic hydroxyl groups is 2. The molecule has 0 saturated heterocycles. The number of aliphatic hydroxyl groups excluding tert-OH is 2. The van der Waals surface area contributed by atoms with Crippen molar-refractivity contribution in [3.63, 3.8) is 0 Å². The van der Waals surface area contributed by atoms with Gasteiger partial charge in [0.25, 0.3) is 17.7 Å². The Labute approximate surface area is 522 Å². The number of amides is 3. The van der Waals surface area contributed by atoms with Crippen LogP contribution >= 0.6 is 0 Å². The van der Waals surface area contributed by atoms with E-state index in [-0.39, 0.29) is 59.9 Å².